The monoisotopic (exact) mass is 449 g/mol. The summed E-state index contributed by atoms with van der Waals surface area (Å²) in [4.78, 5) is 27.0. The summed E-state index contributed by atoms with van der Waals surface area (Å²) in [6, 6.07) is 8.35. The number of rotatable bonds is 5. The Kier molecular flexibility index (Phi) is 7.86. The summed E-state index contributed by atoms with van der Waals surface area (Å²) in [6.45, 7) is 6.11. The Balaban J connectivity index is 0.00000341. The second kappa shape index (κ2) is 9.80. The van der Waals surface area contributed by atoms with Crippen molar-refractivity contribution in [1.82, 2.24) is 20.0 Å². The van der Waals surface area contributed by atoms with E-state index in [9.17, 15) is 14.7 Å². The molecule has 1 aromatic carbocycles. The van der Waals surface area contributed by atoms with Gasteiger partial charge in [-0.25, -0.2) is 0 Å². The topological polar surface area (TPSA) is 113 Å². The maximum atomic E-state index is 12.8. The molecule has 2 aromatic rings. The van der Waals surface area contributed by atoms with Crippen LogP contribution in [0.15, 0.2) is 36.5 Å². The van der Waals surface area contributed by atoms with Gasteiger partial charge in [-0.15, -0.1) is 12.4 Å². The van der Waals surface area contributed by atoms with Crippen LogP contribution in [0.25, 0.3) is 11.3 Å². The van der Waals surface area contributed by atoms with Gasteiger partial charge in [-0.05, 0) is 22.6 Å². The van der Waals surface area contributed by atoms with Crippen molar-refractivity contribution in [2.75, 3.05) is 6.54 Å². The second-order valence-electron chi connectivity index (χ2n) is 8.99. The Morgan fingerprint density at radius 2 is 1.90 bits per heavy atom. The van der Waals surface area contributed by atoms with Gasteiger partial charge in [-0.3, -0.25) is 14.3 Å². The Morgan fingerprint density at radius 1 is 1.26 bits per heavy atom. The van der Waals surface area contributed by atoms with Crippen molar-refractivity contribution in [2.45, 2.75) is 51.9 Å². The lowest BCUT2D eigenvalue weighted by molar-refractivity contribution is -0.141. The molecule has 0 aliphatic carbocycles. The maximum absolute atomic E-state index is 12.8. The van der Waals surface area contributed by atoms with E-state index in [2.05, 4.69) is 10.4 Å². The molecule has 0 spiro atoms. The van der Waals surface area contributed by atoms with Gasteiger partial charge in [0.25, 0.3) is 0 Å². The third-order valence-corrected chi connectivity index (χ3v) is 5.60. The van der Waals surface area contributed by atoms with Gasteiger partial charge in [-0.2, -0.15) is 5.10 Å². The smallest absolute Gasteiger partial charge is 0.243 e. The van der Waals surface area contributed by atoms with Crippen LogP contribution in [-0.2, 0) is 23.2 Å². The Hall–Kier alpha value is -2.42. The third kappa shape index (κ3) is 5.64. The first kappa shape index (κ1) is 24.8. The molecule has 2 heterocycles. The maximum Gasteiger partial charge on any atom is 0.243 e. The Morgan fingerprint density at radius 3 is 2.45 bits per heavy atom. The SMILES string of the molecule is Cl.Cn1nccc1-c1ccc(CNC(=O)[C@@H]2C[C@@H](O)CN2C(=O)C(N)C(C)(C)C)cc1. The van der Waals surface area contributed by atoms with Crippen LogP contribution in [0, 0.1) is 5.41 Å². The van der Waals surface area contributed by atoms with Crippen LogP contribution in [0.5, 0.6) is 0 Å². The minimum absolute atomic E-state index is 0. The van der Waals surface area contributed by atoms with Crippen LogP contribution in [0.3, 0.4) is 0 Å². The first-order valence-electron chi connectivity index (χ1n) is 10.2. The molecule has 0 saturated carbocycles. The number of β-amino-alcohol motifs (C(OH)–C–C–N with tert-alkyl or cyclic N) is 1. The number of nitrogens with one attached hydrogen (secondary N) is 1. The molecule has 8 nitrogen and oxygen atoms in total. The molecular weight excluding hydrogens is 418 g/mol. The number of carbonyl (C=O) groups is 2. The third-order valence-electron chi connectivity index (χ3n) is 5.60. The van der Waals surface area contributed by atoms with Gasteiger partial charge in [0.2, 0.25) is 11.8 Å². The Labute approximate surface area is 189 Å². The van der Waals surface area contributed by atoms with E-state index in [0.717, 1.165) is 16.8 Å². The van der Waals surface area contributed by atoms with Gasteiger partial charge in [0, 0.05) is 32.8 Å². The number of hydrogen-bond donors (Lipinski definition) is 3. The molecule has 1 saturated heterocycles. The molecule has 0 bridgehead atoms. The van der Waals surface area contributed by atoms with E-state index >= 15 is 0 Å². The van der Waals surface area contributed by atoms with E-state index in [4.69, 9.17) is 5.73 Å². The van der Waals surface area contributed by atoms with Crippen LogP contribution in [0.1, 0.15) is 32.8 Å². The number of aromatic nitrogens is 2. The lowest BCUT2D eigenvalue weighted by atomic mass is 9.86. The fraction of sp³-hybridized carbons (Fsp3) is 0.500. The summed E-state index contributed by atoms with van der Waals surface area (Å²) in [6.07, 6.45) is 1.24. The molecule has 3 rings (SSSR count). The molecule has 1 unspecified atom stereocenters. The fourth-order valence-electron chi connectivity index (χ4n) is 3.61. The van der Waals surface area contributed by atoms with Gasteiger partial charge in [0.05, 0.1) is 17.8 Å². The molecule has 1 aliphatic rings. The number of halogens is 1. The van der Waals surface area contributed by atoms with Crippen molar-refractivity contribution in [3.63, 3.8) is 0 Å². The van der Waals surface area contributed by atoms with Crippen molar-refractivity contribution in [1.29, 1.82) is 0 Å². The predicted octanol–water partition coefficient (Wildman–Crippen LogP) is 1.46. The van der Waals surface area contributed by atoms with Crippen molar-refractivity contribution in [2.24, 2.45) is 18.2 Å². The van der Waals surface area contributed by atoms with Crippen molar-refractivity contribution < 1.29 is 14.7 Å². The van der Waals surface area contributed by atoms with Gasteiger partial charge >= 0.3 is 0 Å². The lowest BCUT2D eigenvalue weighted by Crippen LogP contribution is -2.54. The van der Waals surface area contributed by atoms with Gasteiger partial charge in [0.15, 0.2) is 0 Å². The normalized spacial score (nSPS) is 19.6. The molecule has 9 heteroatoms. The molecule has 31 heavy (non-hydrogen) atoms. The summed E-state index contributed by atoms with van der Waals surface area (Å²) < 4.78 is 1.80. The lowest BCUT2D eigenvalue weighted by Gasteiger charge is -2.32. The highest BCUT2D eigenvalue weighted by molar-refractivity contribution is 5.90. The van der Waals surface area contributed by atoms with Crippen LogP contribution in [-0.4, -0.2) is 56.3 Å². The van der Waals surface area contributed by atoms with Crippen LogP contribution < -0.4 is 11.1 Å². The fourth-order valence-corrected chi connectivity index (χ4v) is 3.61. The average Bonchev–Trinajstić information content (AvgIpc) is 3.30. The van der Waals surface area contributed by atoms with Crippen molar-refractivity contribution >= 4 is 24.2 Å². The predicted molar refractivity (Wildman–Crippen MR) is 121 cm³/mol. The number of hydrogen-bond acceptors (Lipinski definition) is 5. The molecule has 1 fully saturated rings. The zero-order valence-corrected chi connectivity index (χ0v) is 19.2. The van der Waals surface area contributed by atoms with E-state index in [1.54, 1.807) is 10.9 Å². The number of nitrogens with two attached hydrogens (primary N) is 1. The number of carbonyl (C=O) groups excluding carboxylic acids is 2. The molecule has 1 aliphatic heterocycles. The van der Waals surface area contributed by atoms with E-state index in [0.29, 0.717) is 6.54 Å². The summed E-state index contributed by atoms with van der Waals surface area (Å²) in [5.41, 5.74) is 8.66. The minimum atomic E-state index is -0.738. The van der Waals surface area contributed by atoms with Crippen LogP contribution in [0.2, 0.25) is 0 Å². The molecule has 170 valence electrons. The van der Waals surface area contributed by atoms with Crippen LogP contribution in [0.4, 0.5) is 0 Å². The molecular formula is C22H32ClN5O3. The average molecular weight is 450 g/mol. The highest BCUT2D eigenvalue weighted by Gasteiger charge is 2.42. The number of aliphatic hydroxyl groups excluding tert-OH is 1. The van der Waals surface area contributed by atoms with E-state index in [1.165, 1.54) is 4.90 Å². The molecule has 1 aromatic heterocycles. The molecule has 4 N–H and O–H groups in total. The van der Waals surface area contributed by atoms with Crippen molar-refractivity contribution in [3.8, 4) is 11.3 Å². The highest BCUT2D eigenvalue weighted by Crippen LogP contribution is 2.25. The number of benzene rings is 1. The number of aliphatic hydroxyl groups is 1. The number of aryl methyl sites for hydroxylation is 1. The van der Waals surface area contributed by atoms with Gasteiger partial charge < -0.3 is 21.1 Å². The molecule has 0 radical (unpaired) electrons. The van der Waals surface area contributed by atoms with E-state index < -0.39 is 23.6 Å². The highest BCUT2D eigenvalue weighted by atomic mass is 35.5. The molecule has 3 atom stereocenters. The first-order chi connectivity index (χ1) is 14.1. The zero-order valence-electron chi connectivity index (χ0n) is 18.4. The Bertz CT molecular complexity index is 907. The summed E-state index contributed by atoms with van der Waals surface area (Å²) in [5, 5.41) is 17.1. The van der Waals surface area contributed by atoms with E-state index in [-0.39, 0.29) is 37.2 Å². The largest absolute Gasteiger partial charge is 0.391 e. The van der Waals surface area contributed by atoms with Crippen molar-refractivity contribution in [3.05, 3.63) is 42.1 Å². The number of likely N-dealkylation sites (tertiary alicyclic amines) is 1. The van der Waals surface area contributed by atoms with Crippen LogP contribution >= 0.6 is 12.4 Å². The number of nitrogens with zero attached hydrogens (tertiary/aromatic N) is 3. The standard InChI is InChI=1S/C22H31N5O3.ClH/c1-22(2,3)19(23)21(30)27-13-16(28)11-18(27)20(29)24-12-14-5-7-15(8-6-14)17-9-10-25-26(17)4;/h5-10,16,18-19,28H,11-13,23H2,1-4H3,(H,24,29);1H/t16-,18+,19?;/m1./s1. The second-order valence-corrected chi connectivity index (χ2v) is 8.99. The van der Waals surface area contributed by atoms with Gasteiger partial charge in [-0.1, -0.05) is 45.0 Å². The quantitative estimate of drug-likeness (QED) is 0.639. The van der Waals surface area contributed by atoms with E-state index in [1.807, 2.05) is 58.2 Å². The zero-order chi connectivity index (χ0) is 22.1. The molecule has 2 amide bonds. The summed E-state index contributed by atoms with van der Waals surface area (Å²) >= 11 is 0. The number of amides is 2. The first-order valence-corrected chi connectivity index (χ1v) is 10.2. The summed E-state index contributed by atoms with van der Waals surface area (Å²) in [7, 11) is 1.89. The summed E-state index contributed by atoms with van der Waals surface area (Å²) in [5.74, 6) is -0.587. The minimum Gasteiger partial charge on any atom is -0.391 e. The van der Waals surface area contributed by atoms with Gasteiger partial charge in [0.1, 0.15) is 6.04 Å².